The molecule has 2 aromatic rings. The minimum Gasteiger partial charge on any atom is -0.508 e. The van der Waals surface area contributed by atoms with Gasteiger partial charge in [-0.25, -0.2) is 0 Å². The molecule has 0 spiro atoms. The first-order valence-electron chi connectivity index (χ1n) is 6.66. The number of nitrogens with one attached hydrogen (secondary N) is 2. The summed E-state index contributed by atoms with van der Waals surface area (Å²) in [5.41, 5.74) is 5.82. The molecule has 0 saturated carbocycles. The summed E-state index contributed by atoms with van der Waals surface area (Å²) >= 11 is 5.16. The van der Waals surface area contributed by atoms with Crippen molar-refractivity contribution in [2.75, 3.05) is 5.32 Å². The van der Waals surface area contributed by atoms with Crippen molar-refractivity contribution in [2.45, 2.75) is 13.8 Å². The number of thiocarbonyl (C=S) groups is 1. The van der Waals surface area contributed by atoms with Crippen molar-refractivity contribution in [3.8, 4) is 11.5 Å². The van der Waals surface area contributed by atoms with Gasteiger partial charge in [0.05, 0.1) is 5.71 Å². The van der Waals surface area contributed by atoms with Crippen molar-refractivity contribution < 1.29 is 10.2 Å². The number of hydrazone groups is 1. The Morgan fingerprint density at radius 2 is 1.77 bits per heavy atom. The van der Waals surface area contributed by atoms with Gasteiger partial charge in [0.1, 0.15) is 11.5 Å². The second-order valence-corrected chi connectivity index (χ2v) is 5.24. The summed E-state index contributed by atoms with van der Waals surface area (Å²) in [7, 11) is 0. The van der Waals surface area contributed by atoms with Crippen LogP contribution in [-0.2, 0) is 0 Å². The Kier molecular flexibility index (Phi) is 4.95. The molecular weight excluding hydrogens is 298 g/mol. The largest absolute Gasteiger partial charge is 0.508 e. The maximum atomic E-state index is 9.77. The third-order valence-corrected chi connectivity index (χ3v) is 3.20. The zero-order valence-corrected chi connectivity index (χ0v) is 13.1. The highest BCUT2D eigenvalue weighted by atomic mass is 32.1. The number of nitrogens with zero attached hydrogens (tertiary/aromatic N) is 1. The second kappa shape index (κ2) is 6.91. The highest BCUT2D eigenvalue weighted by Crippen LogP contribution is 2.22. The van der Waals surface area contributed by atoms with Crippen LogP contribution in [0.1, 0.15) is 18.1 Å². The summed E-state index contributed by atoms with van der Waals surface area (Å²) < 4.78 is 0. The van der Waals surface area contributed by atoms with Gasteiger partial charge >= 0.3 is 0 Å². The van der Waals surface area contributed by atoms with Gasteiger partial charge in [-0.1, -0.05) is 17.7 Å². The number of anilines is 1. The first kappa shape index (κ1) is 15.8. The topological polar surface area (TPSA) is 76.9 Å². The Hall–Kier alpha value is -2.60. The number of phenols is 2. The van der Waals surface area contributed by atoms with E-state index >= 15 is 0 Å². The van der Waals surface area contributed by atoms with E-state index < -0.39 is 0 Å². The molecule has 0 amide bonds. The van der Waals surface area contributed by atoms with Crippen molar-refractivity contribution >= 4 is 28.7 Å². The van der Waals surface area contributed by atoms with Crippen LogP contribution in [0.4, 0.5) is 5.69 Å². The first-order chi connectivity index (χ1) is 10.5. The molecule has 22 heavy (non-hydrogen) atoms. The van der Waals surface area contributed by atoms with E-state index in [-0.39, 0.29) is 11.5 Å². The molecule has 0 saturated heterocycles. The van der Waals surface area contributed by atoms with Crippen molar-refractivity contribution in [2.24, 2.45) is 5.10 Å². The number of hydrogen-bond donors (Lipinski definition) is 4. The molecule has 0 bridgehead atoms. The Balaban J connectivity index is 2.00. The van der Waals surface area contributed by atoms with E-state index in [0.717, 1.165) is 5.69 Å². The van der Waals surface area contributed by atoms with E-state index in [1.54, 1.807) is 13.0 Å². The number of aromatic hydroxyl groups is 2. The molecule has 5 nitrogen and oxygen atoms in total. The van der Waals surface area contributed by atoms with E-state index in [0.29, 0.717) is 16.4 Å². The minimum absolute atomic E-state index is 0.00133. The quantitative estimate of drug-likeness (QED) is 0.398. The summed E-state index contributed by atoms with van der Waals surface area (Å²) in [5, 5.41) is 26.5. The summed E-state index contributed by atoms with van der Waals surface area (Å²) in [6, 6.07) is 12.1. The molecule has 0 aliphatic heterocycles. The van der Waals surface area contributed by atoms with E-state index in [1.165, 1.54) is 17.7 Å². The molecule has 0 unspecified atom stereocenters. The lowest BCUT2D eigenvalue weighted by atomic mass is 10.1. The van der Waals surface area contributed by atoms with E-state index in [9.17, 15) is 10.2 Å². The molecule has 0 radical (unpaired) electrons. The normalized spacial score (nSPS) is 11.1. The molecule has 0 aromatic heterocycles. The molecule has 2 rings (SSSR count). The van der Waals surface area contributed by atoms with E-state index in [4.69, 9.17) is 12.2 Å². The fourth-order valence-corrected chi connectivity index (χ4v) is 1.98. The van der Waals surface area contributed by atoms with Gasteiger partial charge in [0, 0.05) is 17.3 Å². The molecule has 2 aromatic carbocycles. The first-order valence-corrected chi connectivity index (χ1v) is 7.07. The lowest BCUT2D eigenvalue weighted by Gasteiger charge is -2.09. The maximum absolute atomic E-state index is 9.77. The molecular formula is C16H17N3O2S. The lowest BCUT2D eigenvalue weighted by molar-refractivity contribution is 0.450. The van der Waals surface area contributed by atoms with Crippen LogP contribution in [0.3, 0.4) is 0 Å². The Morgan fingerprint density at radius 1 is 1.09 bits per heavy atom. The predicted octanol–water partition coefficient (Wildman–Crippen LogP) is 3.12. The third kappa shape index (κ3) is 4.20. The van der Waals surface area contributed by atoms with Crippen LogP contribution in [0.15, 0.2) is 47.6 Å². The standard InChI is InChI=1S/C16H17N3O2S/c1-10-3-5-12(6-4-10)17-16(22)19-18-11(2)14-8-7-13(20)9-15(14)21/h3-9,20-21H,1-2H3,(H2,17,19,22)/b18-11+. The fourth-order valence-electron chi connectivity index (χ4n) is 1.82. The number of benzene rings is 2. The average molecular weight is 315 g/mol. The molecule has 114 valence electrons. The summed E-state index contributed by atoms with van der Waals surface area (Å²) in [6.45, 7) is 3.74. The number of hydrogen-bond acceptors (Lipinski definition) is 4. The van der Waals surface area contributed by atoms with Crippen molar-refractivity contribution in [1.29, 1.82) is 0 Å². The van der Waals surface area contributed by atoms with Crippen LogP contribution >= 0.6 is 12.2 Å². The van der Waals surface area contributed by atoms with Crippen molar-refractivity contribution in [1.82, 2.24) is 5.43 Å². The number of phenolic OH excluding ortho intramolecular Hbond substituents is 2. The zero-order chi connectivity index (χ0) is 16.1. The predicted molar refractivity (Wildman–Crippen MR) is 92.5 cm³/mol. The van der Waals surface area contributed by atoms with Gasteiger partial charge in [-0.3, -0.25) is 5.43 Å². The van der Waals surface area contributed by atoms with Gasteiger partial charge in [0.2, 0.25) is 0 Å². The van der Waals surface area contributed by atoms with Gasteiger partial charge in [-0.2, -0.15) is 5.10 Å². The zero-order valence-electron chi connectivity index (χ0n) is 12.3. The molecule has 0 heterocycles. The third-order valence-electron chi connectivity index (χ3n) is 3.01. The molecule has 0 atom stereocenters. The Bertz CT molecular complexity index is 712. The second-order valence-electron chi connectivity index (χ2n) is 4.83. The van der Waals surface area contributed by atoms with Gasteiger partial charge < -0.3 is 15.5 Å². The van der Waals surface area contributed by atoms with Crippen molar-refractivity contribution in [3.63, 3.8) is 0 Å². The highest BCUT2D eigenvalue weighted by Gasteiger charge is 2.06. The monoisotopic (exact) mass is 315 g/mol. The van der Waals surface area contributed by atoms with Gasteiger partial charge in [-0.05, 0) is 50.3 Å². The highest BCUT2D eigenvalue weighted by molar-refractivity contribution is 7.80. The molecule has 6 heteroatoms. The van der Waals surface area contributed by atoms with E-state index in [2.05, 4.69) is 15.8 Å². The van der Waals surface area contributed by atoms with Crippen LogP contribution in [0.2, 0.25) is 0 Å². The Labute approximate surface area is 134 Å². The van der Waals surface area contributed by atoms with Crippen LogP contribution in [0.25, 0.3) is 0 Å². The van der Waals surface area contributed by atoms with Crippen LogP contribution in [0.5, 0.6) is 11.5 Å². The summed E-state index contributed by atoms with van der Waals surface area (Å²) in [4.78, 5) is 0. The maximum Gasteiger partial charge on any atom is 0.191 e. The number of rotatable bonds is 3. The van der Waals surface area contributed by atoms with Crippen LogP contribution in [-0.4, -0.2) is 21.0 Å². The van der Waals surface area contributed by atoms with Gasteiger partial charge in [0.25, 0.3) is 0 Å². The van der Waals surface area contributed by atoms with Crippen molar-refractivity contribution in [3.05, 3.63) is 53.6 Å². The molecule has 0 fully saturated rings. The lowest BCUT2D eigenvalue weighted by Crippen LogP contribution is -2.24. The molecule has 4 N–H and O–H groups in total. The summed E-state index contributed by atoms with van der Waals surface area (Å²) in [5.74, 6) is -0.0426. The average Bonchev–Trinajstić information content (AvgIpc) is 2.47. The number of aryl methyl sites for hydroxylation is 1. The fraction of sp³-hybridized carbons (Fsp3) is 0.125. The van der Waals surface area contributed by atoms with Gasteiger partial charge in [-0.15, -0.1) is 0 Å². The SMILES string of the molecule is C/C(=N\NC(=S)Nc1ccc(C)cc1)c1ccc(O)cc1O. The van der Waals surface area contributed by atoms with Crippen LogP contribution in [0, 0.1) is 6.92 Å². The molecule has 0 aliphatic rings. The smallest absolute Gasteiger partial charge is 0.191 e. The van der Waals surface area contributed by atoms with E-state index in [1.807, 2.05) is 31.2 Å². The van der Waals surface area contributed by atoms with Crippen LogP contribution < -0.4 is 10.7 Å². The Morgan fingerprint density at radius 3 is 2.41 bits per heavy atom. The van der Waals surface area contributed by atoms with Gasteiger partial charge in [0.15, 0.2) is 5.11 Å². The molecule has 0 aliphatic carbocycles. The summed E-state index contributed by atoms with van der Waals surface area (Å²) in [6.07, 6.45) is 0. The minimum atomic E-state index is -0.0412.